The van der Waals surface area contributed by atoms with E-state index in [-0.39, 0.29) is 36.2 Å². The van der Waals surface area contributed by atoms with Crippen LogP contribution in [0.4, 0.5) is 11.4 Å². The van der Waals surface area contributed by atoms with Gasteiger partial charge in [-0.1, -0.05) is 12.5 Å². The Labute approximate surface area is 131 Å². The number of amides is 2. The number of hydrogen-bond donors (Lipinski definition) is 3. The monoisotopic (exact) mass is 311 g/mol. The minimum Gasteiger partial charge on any atom is -0.328 e. The van der Waals surface area contributed by atoms with Gasteiger partial charge in [0.2, 0.25) is 11.8 Å². The van der Waals surface area contributed by atoms with Crippen LogP contribution >= 0.6 is 12.4 Å². The molecule has 0 bridgehead atoms. The normalized spacial score (nSPS) is 21.0. The second-order valence-corrected chi connectivity index (χ2v) is 5.37. The van der Waals surface area contributed by atoms with Crippen molar-refractivity contribution >= 4 is 35.6 Å². The van der Waals surface area contributed by atoms with Crippen LogP contribution in [0.1, 0.15) is 32.6 Å². The fraction of sp³-hybridized carbons (Fsp3) is 0.467. The van der Waals surface area contributed by atoms with Crippen LogP contribution in [-0.4, -0.2) is 17.9 Å². The smallest absolute Gasteiger partial charge is 0.227 e. The molecule has 0 aromatic heterocycles. The largest absolute Gasteiger partial charge is 0.328 e. The highest BCUT2D eigenvalue weighted by atomic mass is 35.5. The molecular weight excluding hydrogens is 290 g/mol. The molecule has 1 aliphatic rings. The maximum Gasteiger partial charge on any atom is 0.227 e. The van der Waals surface area contributed by atoms with Gasteiger partial charge in [0.25, 0.3) is 0 Å². The summed E-state index contributed by atoms with van der Waals surface area (Å²) in [4.78, 5) is 23.2. The molecule has 116 valence electrons. The number of anilines is 2. The van der Waals surface area contributed by atoms with Crippen molar-refractivity contribution in [2.24, 2.45) is 11.7 Å². The van der Waals surface area contributed by atoms with E-state index in [0.29, 0.717) is 11.4 Å². The highest BCUT2D eigenvalue weighted by Gasteiger charge is 2.25. The Morgan fingerprint density at radius 2 is 1.86 bits per heavy atom. The second kappa shape index (κ2) is 8.00. The third-order valence-corrected chi connectivity index (χ3v) is 3.54. The van der Waals surface area contributed by atoms with Gasteiger partial charge in [0, 0.05) is 30.3 Å². The van der Waals surface area contributed by atoms with E-state index in [1.54, 1.807) is 18.2 Å². The predicted octanol–water partition coefficient (Wildman–Crippen LogP) is 2.52. The van der Waals surface area contributed by atoms with E-state index in [2.05, 4.69) is 10.6 Å². The van der Waals surface area contributed by atoms with Crippen LogP contribution in [0.2, 0.25) is 0 Å². The van der Waals surface area contributed by atoms with Crippen LogP contribution in [0, 0.1) is 5.92 Å². The van der Waals surface area contributed by atoms with Crippen molar-refractivity contribution in [3.8, 4) is 0 Å². The van der Waals surface area contributed by atoms with Crippen LogP contribution in [0.5, 0.6) is 0 Å². The number of rotatable bonds is 3. The first-order valence-electron chi connectivity index (χ1n) is 6.98. The van der Waals surface area contributed by atoms with Crippen molar-refractivity contribution in [1.29, 1.82) is 0 Å². The second-order valence-electron chi connectivity index (χ2n) is 5.37. The van der Waals surface area contributed by atoms with Gasteiger partial charge in [0.05, 0.1) is 0 Å². The molecule has 1 aromatic carbocycles. The molecule has 4 N–H and O–H groups in total. The average molecular weight is 312 g/mol. The Morgan fingerprint density at radius 3 is 2.48 bits per heavy atom. The molecule has 1 aromatic rings. The van der Waals surface area contributed by atoms with Crippen molar-refractivity contribution in [1.82, 2.24) is 0 Å². The Balaban J connectivity index is 0.00000220. The van der Waals surface area contributed by atoms with Gasteiger partial charge in [0.15, 0.2) is 0 Å². The summed E-state index contributed by atoms with van der Waals surface area (Å²) in [7, 11) is 0. The Hall–Kier alpha value is -1.59. The Kier molecular flexibility index (Phi) is 6.65. The lowest BCUT2D eigenvalue weighted by Gasteiger charge is -2.25. The van der Waals surface area contributed by atoms with Crippen LogP contribution in [0.25, 0.3) is 0 Å². The van der Waals surface area contributed by atoms with Crippen LogP contribution in [0.15, 0.2) is 24.3 Å². The van der Waals surface area contributed by atoms with Gasteiger partial charge in [-0.2, -0.15) is 0 Å². The zero-order chi connectivity index (χ0) is 14.5. The summed E-state index contributed by atoms with van der Waals surface area (Å²) in [5, 5.41) is 5.59. The van der Waals surface area contributed by atoms with Gasteiger partial charge >= 0.3 is 0 Å². The summed E-state index contributed by atoms with van der Waals surface area (Å²) >= 11 is 0. The number of halogens is 1. The van der Waals surface area contributed by atoms with E-state index in [4.69, 9.17) is 5.73 Å². The molecule has 2 atom stereocenters. The SMILES string of the molecule is CC(=O)Nc1cccc(NC(=O)C2CCCC(N)C2)c1.Cl. The molecule has 6 heteroatoms. The molecule has 0 radical (unpaired) electrons. The fourth-order valence-corrected chi connectivity index (χ4v) is 2.59. The van der Waals surface area contributed by atoms with Crippen molar-refractivity contribution in [3.05, 3.63) is 24.3 Å². The van der Waals surface area contributed by atoms with Crippen molar-refractivity contribution in [3.63, 3.8) is 0 Å². The summed E-state index contributed by atoms with van der Waals surface area (Å²) in [6.45, 7) is 1.45. The number of hydrogen-bond acceptors (Lipinski definition) is 3. The first-order chi connectivity index (χ1) is 9.54. The lowest BCUT2D eigenvalue weighted by Crippen LogP contribution is -2.34. The molecule has 2 amide bonds. The lowest BCUT2D eigenvalue weighted by atomic mass is 9.85. The van der Waals surface area contributed by atoms with E-state index in [1.165, 1.54) is 6.92 Å². The maximum atomic E-state index is 12.2. The summed E-state index contributed by atoms with van der Waals surface area (Å²) in [6, 6.07) is 7.28. The van der Waals surface area contributed by atoms with Crippen LogP contribution in [0.3, 0.4) is 0 Å². The third kappa shape index (κ3) is 5.36. The van der Waals surface area contributed by atoms with Crippen molar-refractivity contribution in [2.75, 3.05) is 10.6 Å². The topological polar surface area (TPSA) is 84.2 Å². The van der Waals surface area contributed by atoms with E-state index in [9.17, 15) is 9.59 Å². The predicted molar refractivity (Wildman–Crippen MR) is 86.6 cm³/mol. The molecular formula is C15H22ClN3O2. The molecule has 0 spiro atoms. The Bertz CT molecular complexity index is 507. The van der Waals surface area contributed by atoms with Gasteiger partial charge < -0.3 is 16.4 Å². The molecule has 1 aliphatic carbocycles. The molecule has 5 nitrogen and oxygen atoms in total. The highest BCUT2D eigenvalue weighted by molar-refractivity contribution is 5.94. The lowest BCUT2D eigenvalue weighted by molar-refractivity contribution is -0.121. The van der Waals surface area contributed by atoms with E-state index in [0.717, 1.165) is 25.7 Å². The first-order valence-corrected chi connectivity index (χ1v) is 6.98. The fourth-order valence-electron chi connectivity index (χ4n) is 2.59. The number of benzene rings is 1. The molecule has 21 heavy (non-hydrogen) atoms. The van der Waals surface area contributed by atoms with Gasteiger partial charge in [-0.05, 0) is 37.5 Å². The van der Waals surface area contributed by atoms with Gasteiger partial charge in [0.1, 0.15) is 0 Å². The molecule has 1 saturated carbocycles. The molecule has 2 unspecified atom stereocenters. The maximum absolute atomic E-state index is 12.2. The molecule has 0 saturated heterocycles. The zero-order valence-corrected chi connectivity index (χ0v) is 12.9. The zero-order valence-electron chi connectivity index (χ0n) is 12.1. The van der Waals surface area contributed by atoms with Crippen molar-refractivity contribution < 1.29 is 9.59 Å². The average Bonchev–Trinajstić information content (AvgIpc) is 2.38. The van der Waals surface area contributed by atoms with Crippen molar-refractivity contribution in [2.45, 2.75) is 38.6 Å². The highest BCUT2D eigenvalue weighted by Crippen LogP contribution is 2.25. The summed E-state index contributed by atoms with van der Waals surface area (Å²) in [5.74, 6) is -0.130. The molecule has 0 aliphatic heterocycles. The van der Waals surface area contributed by atoms with E-state index in [1.807, 2.05) is 6.07 Å². The standard InChI is InChI=1S/C15H21N3O2.ClH/c1-10(19)17-13-6-3-7-14(9-13)18-15(20)11-4-2-5-12(16)8-11;/h3,6-7,9,11-12H,2,4-5,8,16H2,1H3,(H,17,19)(H,18,20);1H. The summed E-state index contributed by atoms with van der Waals surface area (Å²) in [5.41, 5.74) is 7.28. The molecule has 2 rings (SSSR count). The summed E-state index contributed by atoms with van der Waals surface area (Å²) in [6.07, 6.45) is 3.65. The van der Waals surface area contributed by atoms with E-state index < -0.39 is 0 Å². The molecule has 1 fully saturated rings. The summed E-state index contributed by atoms with van der Waals surface area (Å²) < 4.78 is 0. The quantitative estimate of drug-likeness (QED) is 0.802. The minimum absolute atomic E-state index is 0. The third-order valence-electron chi connectivity index (χ3n) is 3.54. The van der Waals surface area contributed by atoms with Crippen LogP contribution in [-0.2, 0) is 9.59 Å². The number of nitrogens with two attached hydrogens (primary N) is 1. The van der Waals surface area contributed by atoms with Gasteiger partial charge in [-0.3, -0.25) is 9.59 Å². The number of carbonyl (C=O) groups excluding carboxylic acids is 2. The van der Waals surface area contributed by atoms with Crippen LogP contribution < -0.4 is 16.4 Å². The van der Waals surface area contributed by atoms with Gasteiger partial charge in [-0.15, -0.1) is 12.4 Å². The van der Waals surface area contributed by atoms with E-state index >= 15 is 0 Å². The van der Waals surface area contributed by atoms with Gasteiger partial charge in [-0.25, -0.2) is 0 Å². The number of carbonyl (C=O) groups is 2. The Morgan fingerprint density at radius 1 is 1.19 bits per heavy atom. The first kappa shape index (κ1) is 17.5. The number of nitrogens with one attached hydrogen (secondary N) is 2. The molecule has 0 heterocycles. The minimum atomic E-state index is -0.133.